The molecular weight excluding hydrogens is 576 g/mol. The zero-order valence-corrected chi connectivity index (χ0v) is 26.9. The van der Waals surface area contributed by atoms with Gasteiger partial charge in [0, 0.05) is 70.5 Å². The van der Waals surface area contributed by atoms with Crippen molar-refractivity contribution < 1.29 is 14.3 Å². The zero-order valence-electron chi connectivity index (χ0n) is 25.9. The highest BCUT2D eigenvalue weighted by Crippen LogP contribution is 2.36. The molecule has 44 heavy (non-hydrogen) atoms. The number of anilines is 1. The number of amides is 1. The molecule has 3 atom stereocenters. The molecule has 2 unspecified atom stereocenters. The number of aromatic amines is 1. The van der Waals surface area contributed by atoms with E-state index in [1.54, 1.807) is 26.3 Å². The summed E-state index contributed by atoms with van der Waals surface area (Å²) in [6, 6.07) is 10.4. The van der Waals surface area contributed by atoms with E-state index in [0.717, 1.165) is 18.9 Å². The van der Waals surface area contributed by atoms with E-state index < -0.39 is 8.07 Å². The Bertz CT molecular complexity index is 1890. The second-order valence-electron chi connectivity index (χ2n) is 13.6. The van der Waals surface area contributed by atoms with Gasteiger partial charge in [-0.3, -0.25) is 33.6 Å². The number of ether oxygens (including phenoxy) is 2. The Kier molecular flexibility index (Phi) is 7.25. The highest BCUT2D eigenvalue weighted by atomic mass is 28.3. The number of H-pyrrole nitrogens is 1. The van der Waals surface area contributed by atoms with Gasteiger partial charge in [-0.05, 0) is 31.5 Å². The molecule has 1 amide bonds. The third-order valence-corrected chi connectivity index (χ3v) is 10.9. The summed E-state index contributed by atoms with van der Waals surface area (Å²) in [5, 5.41) is 3.81. The minimum atomic E-state index is -1.36. The Morgan fingerprint density at radius 3 is 2.70 bits per heavy atom. The van der Waals surface area contributed by atoms with Crippen molar-refractivity contribution in [2.45, 2.75) is 77.3 Å². The fourth-order valence-corrected chi connectivity index (χ4v) is 7.44. The molecule has 0 aliphatic carbocycles. The Labute approximate surface area is 256 Å². The molecule has 2 fully saturated rings. The van der Waals surface area contributed by atoms with Gasteiger partial charge in [0.2, 0.25) is 5.91 Å². The first-order valence-electron chi connectivity index (χ1n) is 15.7. The largest absolute Gasteiger partial charge is 0.487 e. The van der Waals surface area contributed by atoms with Crippen molar-refractivity contribution in [3.63, 3.8) is 0 Å². The molecule has 12 heteroatoms. The minimum Gasteiger partial charge on any atom is -0.487 e. The number of nitrogens with one attached hydrogen (secondary N) is 1. The molecule has 2 saturated heterocycles. The van der Waals surface area contributed by atoms with Crippen molar-refractivity contribution >= 4 is 41.6 Å². The lowest BCUT2D eigenvalue weighted by Crippen LogP contribution is -2.34. The van der Waals surface area contributed by atoms with Crippen LogP contribution in [0, 0.1) is 0 Å². The molecule has 0 radical (unpaired) electrons. The van der Waals surface area contributed by atoms with Crippen molar-refractivity contribution in [2.24, 2.45) is 0 Å². The average molecular weight is 617 g/mol. The predicted octanol–water partition coefficient (Wildman–Crippen LogP) is 4.00. The van der Waals surface area contributed by atoms with E-state index in [2.05, 4.69) is 36.6 Å². The maximum Gasteiger partial charge on any atom is 0.279 e. The van der Waals surface area contributed by atoms with Gasteiger partial charge in [-0.2, -0.15) is 0 Å². The molecule has 1 N–H and O–H groups in total. The van der Waals surface area contributed by atoms with Crippen molar-refractivity contribution in [3.8, 4) is 17.0 Å². The Morgan fingerprint density at radius 2 is 1.93 bits per heavy atom. The fourth-order valence-electron chi connectivity index (χ4n) is 6.69. The molecule has 6 bridgehead atoms. The Hall–Kier alpha value is -3.74. The summed E-state index contributed by atoms with van der Waals surface area (Å²) in [7, 11) is -1.36. The van der Waals surface area contributed by atoms with Crippen LogP contribution in [0.1, 0.15) is 26.2 Å². The second kappa shape index (κ2) is 11.0. The van der Waals surface area contributed by atoms with Gasteiger partial charge in [-0.25, -0.2) is 4.98 Å². The number of nitrogens with zero attached hydrogens (tertiary/aromatic N) is 5. The van der Waals surface area contributed by atoms with Gasteiger partial charge in [0.05, 0.1) is 23.0 Å². The third kappa shape index (κ3) is 5.18. The summed E-state index contributed by atoms with van der Waals surface area (Å²) in [6.07, 6.45) is 1.98. The number of fused-ring (bicyclic) bond motifs is 5. The van der Waals surface area contributed by atoms with Gasteiger partial charge < -0.3 is 14.4 Å². The molecule has 2 aromatic carbocycles. The van der Waals surface area contributed by atoms with E-state index in [4.69, 9.17) is 14.5 Å². The lowest BCUT2D eigenvalue weighted by atomic mass is 10.1. The van der Waals surface area contributed by atoms with E-state index in [0.29, 0.717) is 78.1 Å². The zero-order chi connectivity index (χ0) is 30.7. The predicted molar refractivity (Wildman–Crippen MR) is 173 cm³/mol. The van der Waals surface area contributed by atoms with Crippen LogP contribution in [0.5, 0.6) is 5.75 Å². The van der Waals surface area contributed by atoms with E-state index in [1.807, 2.05) is 18.2 Å². The second-order valence-corrected chi connectivity index (χ2v) is 19.2. The minimum absolute atomic E-state index is 0.0356. The first-order chi connectivity index (χ1) is 21.1. The van der Waals surface area contributed by atoms with Crippen LogP contribution in [0.15, 0.2) is 39.9 Å². The van der Waals surface area contributed by atoms with Crippen LogP contribution < -0.4 is 20.8 Å². The van der Waals surface area contributed by atoms with E-state index in [1.165, 1.54) is 0 Å². The summed E-state index contributed by atoms with van der Waals surface area (Å²) in [4.78, 5) is 49.8. The Balaban J connectivity index is 1.48. The molecule has 11 nitrogen and oxygen atoms in total. The highest BCUT2D eigenvalue weighted by Gasteiger charge is 2.33. The third-order valence-electron chi connectivity index (χ3n) is 9.22. The normalized spacial score (nSPS) is 22.0. The molecule has 7 rings (SSSR count). The van der Waals surface area contributed by atoms with Gasteiger partial charge in [-0.15, -0.1) is 0 Å². The van der Waals surface area contributed by atoms with Crippen LogP contribution in [0.2, 0.25) is 25.7 Å². The van der Waals surface area contributed by atoms with Crippen molar-refractivity contribution in [1.82, 2.24) is 24.2 Å². The average Bonchev–Trinajstić information content (AvgIpc) is 3.66. The van der Waals surface area contributed by atoms with Crippen LogP contribution in [0.3, 0.4) is 0 Å². The maximum atomic E-state index is 14.4. The van der Waals surface area contributed by atoms with E-state index >= 15 is 0 Å². The molecule has 4 aromatic rings. The van der Waals surface area contributed by atoms with Gasteiger partial charge in [0.25, 0.3) is 11.1 Å². The molecule has 2 aromatic heterocycles. The SMILES string of the molecule is C[C@@H]1CC2CN1CCn1[nH]c3c(cccc3c1=O)-c1nc3c(cc(N4CCCC4=O)cc3n(COCC[Si](C)(C)C)c1=O)O2. The number of para-hydroxylation sites is 1. The van der Waals surface area contributed by atoms with Gasteiger partial charge >= 0.3 is 0 Å². The molecule has 3 aliphatic heterocycles. The quantitative estimate of drug-likeness (QED) is 0.257. The summed E-state index contributed by atoms with van der Waals surface area (Å²) >= 11 is 0. The number of carbonyl (C=O) groups is 1. The lowest BCUT2D eigenvalue weighted by Gasteiger charge is -2.23. The van der Waals surface area contributed by atoms with E-state index in [-0.39, 0.29) is 41.6 Å². The maximum absolute atomic E-state index is 14.4. The van der Waals surface area contributed by atoms with Gasteiger partial charge in [0.15, 0.2) is 0 Å². The molecule has 5 heterocycles. The number of carbonyl (C=O) groups excluding carboxylic acids is 1. The molecule has 3 aliphatic rings. The number of aromatic nitrogens is 4. The fraction of sp³-hybridized carbons (Fsp3) is 0.500. The number of benzene rings is 2. The van der Waals surface area contributed by atoms with Crippen molar-refractivity contribution in [3.05, 3.63) is 51.0 Å². The van der Waals surface area contributed by atoms with Gasteiger partial charge in [-0.1, -0.05) is 31.8 Å². The molecule has 0 spiro atoms. The first-order valence-corrected chi connectivity index (χ1v) is 19.4. The Morgan fingerprint density at radius 1 is 1.09 bits per heavy atom. The highest BCUT2D eigenvalue weighted by molar-refractivity contribution is 6.76. The molecule has 0 saturated carbocycles. The topological polar surface area (TPSA) is 115 Å². The number of hydrogen-bond donors (Lipinski definition) is 1. The summed E-state index contributed by atoms with van der Waals surface area (Å²) in [5.74, 6) is 0.603. The van der Waals surface area contributed by atoms with Gasteiger partial charge in [0.1, 0.15) is 29.8 Å². The van der Waals surface area contributed by atoms with Crippen molar-refractivity contribution in [1.29, 1.82) is 0 Å². The number of rotatable bonds is 6. The van der Waals surface area contributed by atoms with Crippen LogP contribution in [-0.4, -0.2) is 76.6 Å². The van der Waals surface area contributed by atoms with Crippen molar-refractivity contribution in [2.75, 3.05) is 31.1 Å². The lowest BCUT2D eigenvalue weighted by molar-refractivity contribution is -0.117. The van der Waals surface area contributed by atoms with Crippen LogP contribution >= 0.6 is 0 Å². The summed E-state index contributed by atoms with van der Waals surface area (Å²) in [6.45, 7) is 12.1. The summed E-state index contributed by atoms with van der Waals surface area (Å²) < 4.78 is 16.2. The van der Waals surface area contributed by atoms with Crippen LogP contribution in [0.4, 0.5) is 5.69 Å². The first kappa shape index (κ1) is 29.0. The van der Waals surface area contributed by atoms with Crippen LogP contribution in [-0.2, 0) is 22.8 Å². The standard InChI is InChI=1S/C32H40N6O5Si/c1-20-15-22-18-35(20)11-12-38-31(40)24-8-5-7-23(28(24)34-38)29-32(41)37(19-42-13-14-44(2,3)4)25-16-21(36-10-6-9-27(36)39)17-26(43-22)30(25)33-29/h5,7-8,16-17,20,22,34H,6,9-15,18-19H2,1-4H3/t20-,22?/m1/s1. The smallest absolute Gasteiger partial charge is 0.279 e. The monoisotopic (exact) mass is 616 g/mol. The molecular formula is C32H40N6O5Si. The molecule has 232 valence electrons. The van der Waals surface area contributed by atoms with E-state index in [9.17, 15) is 14.4 Å². The summed E-state index contributed by atoms with van der Waals surface area (Å²) in [5.41, 5.74) is 2.71. The van der Waals surface area contributed by atoms with Crippen LogP contribution in [0.25, 0.3) is 33.2 Å². The number of hydrogen-bond acceptors (Lipinski definition) is 7.